The first-order valence-electron chi connectivity index (χ1n) is 11.5. The van der Waals surface area contributed by atoms with E-state index < -0.39 is 0 Å². The van der Waals surface area contributed by atoms with Crippen molar-refractivity contribution in [2.24, 2.45) is 0 Å². The van der Waals surface area contributed by atoms with Crippen LogP contribution in [0, 0.1) is 0 Å². The van der Waals surface area contributed by atoms with E-state index in [1.165, 1.54) is 11.8 Å². The number of rotatable bonds is 9. The van der Waals surface area contributed by atoms with Crippen LogP contribution in [0.25, 0.3) is 5.78 Å². The summed E-state index contributed by atoms with van der Waals surface area (Å²) in [4.78, 5) is 36.5. The van der Waals surface area contributed by atoms with Gasteiger partial charge in [-0.3, -0.25) is 9.59 Å². The van der Waals surface area contributed by atoms with E-state index in [4.69, 9.17) is 0 Å². The van der Waals surface area contributed by atoms with Crippen LogP contribution >= 0.6 is 11.8 Å². The van der Waals surface area contributed by atoms with Gasteiger partial charge in [0.15, 0.2) is 5.16 Å². The summed E-state index contributed by atoms with van der Waals surface area (Å²) in [6.45, 7) is 6.77. The first kappa shape index (κ1) is 23.7. The highest BCUT2D eigenvalue weighted by Gasteiger charge is 2.22. The number of nitrogens with one attached hydrogen (secondary N) is 3. The minimum Gasteiger partial charge on any atom is -0.355 e. The number of anilines is 3. The van der Waals surface area contributed by atoms with Gasteiger partial charge in [-0.15, -0.1) is 10.2 Å². The molecule has 0 unspecified atom stereocenters. The van der Waals surface area contributed by atoms with Gasteiger partial charge in [-0.25, -0.2) is 4.40 Å². The summed E-state index contributed by atoms with van der Waals surface area (Å²) in [5.41, 5.74) is 1.02. The number of thioether (sulfide) groups is 1. The smallest absolute Gasteiger partial charge is 0.261 e. The molecule has 1 aliphatic heterocycles. The number of nitrogens with zero attached hydrogens (tertiary/aromatic N) is 6. The molecule has 0 saturated carbocycles. The molecule has 3 heterocycles. The van der Waals surface area contributed by atoms with E-state index in [-0.39, 0.29) is 17.6 Å². The van der Waals surface area contributed by atoms with E-state index in [9.17, 15) is 9.59 Å². The monoisotopic (exact) mass is 483 g/mol. The second-order valence-corrected chi connectivity index (χ2v) is 8.73. The Labute approximate surface area is 202 Å². The molecule has 180 valence electrons. The summed E-state index contributed by atoms with van der Waals surface area (Å²) >= 11 is 1.23. The first-order chi connectivity index (χ1) is 16.6. The Hall–Kier alpha value is -3.41. The van der Waals surface area contributed by atoms with Gasteiger partial charge in [-0.05, 0) is 45.2 Å². The molecule has 4 rings (SSSR count). The van der Waals surface area contributed by atoms with Crippen LogP contribution in [0.4, 0.5) is 17.6 Å². The van der Waals surface area contributed by atoms with Gasteiger partial charge in [0.1, 0.15) is 0 Å². The van der Waals surface area contributed by atoms with Crippen LogP contribution in [0.1, 0.15) is 43.5 Å². The average Bonchev–Trinajstić information content (AvgIpc) is 3.27. The number of carbonyl (C=O) groups excluding carboxylic acids is 2. The summed E-state index contributed by atoms with van der Waals surface area (Å²) in [6, 6.07) is 7.14. The fourth-order valence-corrected chi connectivity index (χ4v) is 4.49. The number of piperidine rings is 1. The zero-order chi connectivity index (χ0) is 23.9. The van der Waals surface area contributed by atoms with E-state index in [1.807, 2.05) is 30.9 Å². The lowest BCUT2D eigenvalue weighted by molar-refractivity contribution is -0.113. The molecule has 0 radical (unpaired) electrons. The van der Waals surface area contributed by atoms with Gasteiger partial charge in [0.2, 0.25) is 17.8 Å². The molecule has 3 N–H and O–H groups in total. The van der Waals surface area contributed by atoms with Crippen molar-refractivity contribution >= 4 is 46.9 Å². The fraction of sp³-hybridized carbons (Fsp3) is 0.455. The molecule has 1 aromatic carbocycles. The largest absolute Gasteiger partial charge is 0.355 e. The molecular formula is C22H29N9O2S. The van der Waals surface area contributed by atoms with Crippen LogP contribution < -0.4 is 16.0 Å². The normalized spacial score (nSPS) is 13.6. The van der Waals surface area contributed by atoms with Crippen molar-refractivity contribution in [2.75, 3.05) is 47.9 Å². The number of aromatic nitrogens is 5. The van der Waals surface area contributed by atoms with Crippen molar-refractivity contribution in [3.63, 3.8) is 0 Å². The topological polar surface area (TPSA) is 129 Å². The number of fused-ring (bicyclic) bond motifs is 1. The standard InChI is InChI=1S/C22H29N9O2S/c1-3-23-19-26-20(24-4-2)31-21(27-19)28-29-22(31)34-14-17(32)25-16-11-7-6-10-15(16)18(33)30-12-8-5-9-13-30/h6-7,10-11H,3-5,8-9,12-14H2,1-2H3,(H,25,32)(H2,23,24,26,27,28). The van der Waals surface area contributed by atoms with Gasteiger partial charge in [-0.2, -0.15) is 9.97 Å². The van der Waals surface area contributed by atoms with Crippen molar-refractivity contribution in [1.29, 1.82) is 0 Å². The molecule has 34 heavy (non-hydrogen) atoms. The minimum absolute atomic E-state index is 0.0457. The Morgan fingerprint density at radius 1 is 1.00 bits per heavy atom. The maximum Gasteiger partial charge on any atom is 0.261 e. The Balaban J connectivity index is 1.46. The quantitative estimate of drug-likeness (QED) is 0.393. The van der Waals surface area contributed by atoms with Crippen molar-refractivity contribution in [1.82, 2.24) is 29.5 Å². The zero-order valence-corrected chi connectivity index (χ0v) is 20.2. The molecule has 11 nitrogen and oxygen atoms in total. The third-order valence-corrected chi connectivity index (χ3v) is 6.25. The number of hydrogen-bond acceptors (Lipinski definition) is 9. The SMILES string of the molecule is CCNc1nc(NCC)n2c(SCC(=O)Nc3ccccc3C(=O)N3CCCCC3)nnc2n1. The highest BCUT2D eigenvalue weighted by atomic mass is 32.2. The average molecular weight is 484 g/mol. The predicted octanol–water partition coefficient (Wildman–Crippen LogP) is 2.74. The predicted molar refractivity (Wildman–Crippen MR) is 132 cm³/mol. The number of benzene rings is 1. The first-order valence-corrected chi connectivity index (χ1v) is 12.5. The highest BCUT2D eigenvalue weighted by molar-refractivity contribution is 7.99. The maximum atomic E-state index is 13.0. The Kier molecular flexibility index (Phi) is 7.78. The molecule has 1 aliphatic rings. The van der Waals surface area contributed by atoms with E-state index >= 15 is 0 Å². The van der Waals surface area contributed by atoms with E-state index in [0.29, 0.717) is 47.2 Å². The second kappa shape index (κ2) is 11.1. The number of hydrogen-bond donors (Lipinski definition) is 3. The molecule has 1 saturated heterocycles. The second-order valence-electron chi connectivity index (χ2n) is 7.78. The zero-order valence-electron chi connectivity index (χ0n) is 19.4. The molecule has 1 fully saturated rings. The molecule has 0 aliphatic carbocycles. The molecule has 2 aromatic heterocycles. The number of likely N-dealkylation sites (tertiary alicyclic amines) is 1. The van der Waals surface area contributed by atoms with Crippen LogP contribution in [0.15, 0.2) is 29.4 Å². The van der Waals surface area contributed by atoms with Gasteiger partial charge in [-0.1, -0.05) is 23.9 Å². The van der Waals surface area contributed by atoms with Gasteiger partial charge in [0, 0.05) is 26.2 Å². The summed E-state index contributed by atoms with van der Waals surface area (Å²) < 4.78 is 1.69. The van der Waals surface area contributed by atoms with E-state index in [0.717, 1.165) is 32.4 Å². The summed E-state index contributed by atoms with van der Waals surface area (Å²) in [5.74, 6) is 1.21. The molecule has 12 heteroatoms. The molecule has 2 amide bonds. The van der Waals surface area contributed by atoms with Gasteiger partial charge >= 0.3 is 0 Å². The van der Waals surface area contributed by atoms with Crippen molar-refractivity contribution in [3.8, 4) is 0 Å². The third kappa shape index (κ3) is 5.38. The van der Waals surface area contributed by atoms with Crippen LogP contribution in [0.5, 0.6) is 0 Å². The summed E-state index contributed by atoms with van der Waals surface area (Å²) in [5, 5.41) is 18.0. The maximum absolute atomic E-state index is 13.0. The van der Waals surface area contributed by atoms with Gasteiger partial charge in [0.25, 0.3) is 11.7 Å². The highest BCUT2D eigenvalue weighted by Crippen LogP contribution is 2.23. The minimum atomic E-state index is -0.240. The third-order valence-electron chi connectivity index (χ3n) is 5.32. The van der Waals surface area contributed by atoms with Crippen LogP contribution in [-0.2, 0) is 4.79 Å². The van der Waals surface area contributed by atoms with Crippen molar-refractivity contribution < 1.29 is 9.59 Å². The van der Waals surface area contributed by atoms with Gasteiger partial charge < -0.3 is 20.9 Å². The number of carbonyl (C=O) groups is 2. The van der Waals surface area contributed by atoms with Crippen LogP contribution in [0.3, 0.4) is 0 Å². The Bertz CT molecular complexity index is 1160. The molecule has 0 spiro atoms. The lowest BCUT2D eigenvalue weighted by atomic mass is 10.1. The number of para-hydroxylation sites is 1. The lowest BCUT2D eigenvalue weighted by Gasteiger charge is -2.27. The van der Waals surface area contributed by atoms with Crippen LogP contribution in [-0.4, -0.2) is 73.2 Å². The molecule has 0 bridgehead atoms. The van der Waals surface area contributed by atoms with Gasteiger partial charge in [0.05, 0.1) is 17.0 Å². The van der Waals surface area contributed by atoms with Crippen LogP contribution in [0.2, 0.25) is 0 Å². The van der Waals surface area contributed by atoms with E-state index in [1.54, 1.807) is 16.5 Å². The number of amides is 2. The Morgan fingerprint density at radius 3 is 2.53 bits per heavy atom. The van der Waals surface area contributed by atoms with E-state index in [2.05, 4.69) is 36.1 Å². The molecule has 3 aromatic rings. The molecular weight excluding hydrogens is 454 g/mol. The molecule has 0 atom stereocenters. The lowest BCUT2D eigenvalue weighted by Crippen LogP contribution is -2.36. The summed E-state index contributed by atoms with van der Waals surface area (Å²) in [6.07, 6.45) is 3.17. The fourth-order valence-electron chi connectivity index (χ4n) is 3.76. The van der Waals surface area contributed by atoms with Crippen molar-refractivity contribution in [3.05, 3.63) is 29.8 Å². The summed E-state index contributed by atoms with van der Waals surface area (Å²) in [7, 11) is 0. The van der Waals surface area contributed by atoms with Crippen molar-refractivity contribution in [2.45, 2.75) is 38.3 Å². The Morgan fingerprint density at radius 2 is 1.76 bits per heavy atom.